The lowest BCUT2D eigenvalue weighted by Crippen LogP contribution is -2.37. The largest absolute Gasteiger partial charge is 0.462 e. The van der Waals surface area contributed by atoms with Crippen LogP contribution >= 0.6 is 0 Å². The molecule has 0 fully saturated rings. The maximum absolute atomic E-state index is 5.64. The van der Waals surface area contributed by atoms with Crippen molar-refractivity contribution < 1.29 is 9.15 Å². The van der Waals surface area contributed by atoms with Crippen molar-refractivity contribution >= 4 is 0 Å². The molecule has 1 atom stereocenters. The minimum absolute atomic E-state index is 0.0909. The van der Waals surface area contributed by atoms with Gasteiger partial charge in [0.1, 0.15) is 18.1 Å². The zero-order valence-corrected chi connectivity index (χ0v) is 10.3. The molecular formula is C12H21NO2. The first-order chi connectivity index (χ1) is 6.92. The number of hydrogen-bond donors (Lipinski definition) is 1. The molecular weight excluding hydrogens is 190 g/mol. The summed E-state index contributed by atoms with van der Waals surface area (Å²) in [5.41, 5.74) is 0.0909. The molecule has 1 rings (SSSR count). The molecule has 1 unspecified atom stereocenters. The summed E-state index contributed by atoms with van der Waals surface area (Å²) < 4.78 is 10.7. The van der Waals surface area contributed by atoms with Gasteiger partial charge in [0.25, 0.3) is 0 Å². The fourth-order valence-electron chi connectivity index (χ4n) is 1.57. The van der Waals surface area contributed by atoms with E-state index in [-0.39, 0.29) is 11.6 Å². The van der Waals surface area contributed by atoms with Gasteiger partial charge < -0.3 is 14.5 Å². The Bertz CT molecular complexity index is 299. The number of methoxy groups -OCH3 is 1. The van der Waals surface area contributed by atoms with E-state index in [0.717, 1.165) is 11.5 Å². The van der Waals surface area contributed by atoms with Gasteiger partial charge in [0.2, 0.25) is 0 Å². The summed E-state index contributed by atoms with van der Waals surface area (Å²) in [6.07, 6.45) is 0. The predicted octanol–water partition coefficient (Wildman–Crippen LogP) is 2.88. The van der Waals surface area contributed by atoms with Crippen LogP contribution in [0.15, 0.2) is 16.5 Å². The monoisotopic (exact) mass is 211 g/mol. The molecule has 0 aromatic carbocycles. The molecule has 1 aromatic rings. The van der Waals surface area contributed by atoms with Gasteiger partial charge in [-0.15, -0.1) is 0 Å². The summed E-state index contributed by atoms with van der Waals surface area (Å²) in [6, 6.07) is 4.17. The molecule has 3 heteroatoms. The molecule has 0 spiro atoms. The Balaban J connectivity index is 2.61. The van der Waals surface area contributed by atoms with Crippen molar-refractivity contribution in [1.29, 1.82) is 0 Å². The molecule has 15 heavy (non-hydrogen) atoms. The van der Waals surface area contributed by atoms with Crippen LogP contribution in [0, 0.1) is 0 Å². The summed E-state index contributed by atoms with van der Waals surface area (Å²) in [7, 11) is 1.67. The first kappa shape index (κ1) is 12.3. The van der Waals surface area contributed by atoms with Crippen molar-refractivity contribution in [2.75, 3.05) is 7.11 Å². The van der Waals surface area contributed by atoms with Crippen molar-refractivity contribution in [3.63, 3.8) is 0 Å². The Morgan fingerprint density at radius 1 is 1.40 bits per heavy atom. The molecule has 1 aromatic heterocycles. The fraction of sp³-hybridized carbons (Fsp3) is 0.667. The third-order valence-electron chi connectivity index (χ3n) is 2.05. The smallest absolute Gasteiger partial charge is 0.129 e. The molecule has 0 radical (unpaired) electrons. The summed E-state index contributed by atoms with van der Waals surface area (Å²) in [4.78, 5) is 0. The van der Waals surface area contributed by atoms with Crippen LogP contribution in [0.5, 0.6) is 0 Å². The van der Waals surface area contributed by atoms with E-state index in [2.05, 4.69) is 33.0 Å². The highest BCUT2D eigenvalue weighted by molar-refractivity contribution is 5.10. The first-order valence-electron chi connectivity index (χ1n) is 5.27. The van der Waals surface area contributed by atoms with Gasteiger partial charge in [0.15, 0.2) is 0 Å². The Morgan fingerprint density at radius 2 is 2.07 bits per heavy atom. The van der Waals surface area contributed by atoms with Crippen LogP contribution in [0.3, 0.4) is 0 Å². The number of hydrogen-bond acceptors (Lipinski definition) is 3. The van der Waals surface area contributed by atoms with Crippen LogP contribution in [0.1, 0.15) is 45.3 Å². The normalized spacial score (nSPS) is 14.2. The Hall–Kier alpha value is -0.800. The number of nitrogens with one attached hydrogen (secondary N) is 1. The Labute approximate surface area is 91.8 Å². The number of furan rings is 1. The molecule has 0 bridgehead atoms. The average molecular weight is 211 g/mol. The standard InChI is InChI=1S/C12H21NO2/c1-9(13-12(2,3)4)11-7-6-10(15-11)8-14-5/h6-7,9,13H,8H2,1-5H3. The van der Waals surface area contributed by atoms with Crippen LogP contribution in [0.4, 0.5) is 0 Å². The SMILES string of the molecule is COCc1ccc(C(C)NC(C)(C)C)o1. The maximum atomic E-state index is 5.64. The summed E-state index contributed by atoms with van der Waals surface area (Å²) in [5.74, 6) is 1.83. The minimum Gasteiger partial charge on any atom is -0.462 e. The lowest BCUT2D eigenvalue weighted by atomic mass is 10.1. The summed E-state index contributed by atoms with van der Waals surface area (Å²) in [6.45, 7) is 9.05. The molecule has 0 saturated carbocycles. The van der Waals surface area contributed by atoms with Crippen molar-refractivity contribution in [2.24, 2.45) is 0 Å². The molecule has 0 amide bonds. The van der Waals surface area contributed by atoms with Crippen LogP contribution in [0.2, 0.25) is 0 Å². The lowest BCUT2D eigenvalue weighted by molar-refractivity contribution is 0.161. The second-order valence-corrected chi connectivity index (χ2v) is 4.85. The number of rotatable bonds is 4. The third-order valence-corrected chi connectivity index (χ3v) is 2.05. The van der Waals surface area contributed by atoms with Crippen molar-refractivity contribution in [1.82, 2.24) is 5.32 Å². The van der Waals surface area contributed by atoms with E-state index in [1.54, 1.807) is 7.11 Å². The van der Waals surface area contributed by atoms with Gasteiger partial charge in [-0.3, -0.25) is 0 Å². The van der Waals surface area contributed by atoms with E-state index in [9.17, 15) is 0 Å². The highest BCUT2D eigenvalue weighted by Crippen LogP contribution is 2.19. The third kappa shape index (κ3) is 4.06. The molecule has 0 aliphatic carbocycles. The number of ether oxygens (including phenoxy) is 1. The molecule has 0 aliphatic heterocycles. The predicted molar refractivity (Wildman–Crippen MR) is 60.7 cm³/mol. The van der Waals surface area contributed by atoms with Gasteiger partial charge in [-0.05, 0) is 39.8 Å². The van der Waals surface area contributed by atoms with Gasteiger partial charge in [-0.1, -0.05) is 0 Å². The lowest BCUT2D eigenvalue weighted by Gasteiger charge is -2.24. The topological polar surface area (TPSA) is 34.4 Å². The molecule has 0 aliphatic rings. The second-order valence-electron chi connectivity index (χ2n) is 4.85. The van der Waals surface area contributed by atoms with E-state index in [0.29, 0.717) is 6.61 Å². The van der Waals surface area contributed by atoms with E-state index in [1.165, 1.54) is 0 Å². The van der Waals surface area contributed by atoms with Gasteiger partial charge in [0.05, 0.1) is 6.04 Å². The van der Waals surface area contributed by atoms with Gasteiger partial charge in [-0.25, -0.2) is 0 Å². The summed E-state index contributed by atoms with van der Waals surface area (Å²) in [5, 5.41) is 3.46. The van der Waals surface area contributed by atoms with E-state index < -0.39 is 0 Å². The van der Waals surface area contributed by atoms with E-state index >= 15 is 0 Å². The zero-order valence-electron chi connectivity index (χ0n) is 10.3. The summed E-state index contributed by atoms with van der Waals surface area (Å²) >= 11 is 0. The highest BCUT2D eigenvalue weighted by atomic mass is 16.5. The zero-order chi connectivity index (χ0) is 11.5. The van der Waals surface area contributed by atoms with Crippen molar-refractivity contribution in [2.45, 2.75) is 45.9 Å². The van der Waals surface area contributed by atoms with E-state index in [4.69, 9.17) is 9.15 Å². The van der Waals surface area contributed by atoms with Crippen LogP contribution < -0.4 is 5.32 Å². The van der Waals surface area contributed by atoms with Crippen molar-refractivity contribution in [3.8, 4) is 0 Å². The minimum atomic E-state index is 0.0909. The highest BCUT2D eigenvalue weighted by Gasteiger charge is 2.17. The van der Waals surface area contributed by atoms with Gasteiger partial charge >= 0.3 is 0 Å². The maximum Gasteiger partial charge on any atom is 0.129 e. The van der Waals surface area contributed by atoms with Crippen LogP contribution in [-0.2, 0) is 11.3 Å². The van der Waals surface area contributed by atoms with Crippen LogP contribution in [0.25, 0.3) is 0 Å². The van der Waals surface area contributed by atoms with Gasteiger partial charge in [-0.2, -0.15) is 0 Å². The van der Waals surface area contributed by atoms with Crippen LogP contribution in [-0.4, -0.2) is 12.6 Å². The first-order valence-corrected chi connectivity index (χ1v) is 5.27. The molecule has 1 heterocycles. The Kier molecular flexibility index (Phi) is 3.94. The fourth-order valence-corrected chi connectivity index (χ4v) is 1.57. The molecule has 0 saturated heterocycles. The van der Waals surface area contributed by atoms with E-state index in [1.807, 2.05) is 12.1 Å². The second kappa shape index (κ2) is 4.81. The quantitative estimate of drug-likeness (QED) is 0.831. The van der Waals surface area contributed by atoms with Crippen molar-refractivity contribution in [3.05, 3.63) is 23.7 Å². The molecule has 1 N–H and O–H groups in total. The van der Waals surface area contributed by atoms with Gasteiger partial charge in [0, 0.05) is 12.6 Å². The Morgan fingerprint density at radius 3 is 2.60 bits per heavy atom. The molecule has 86 valence electrons. The molecule has 3 nitrogen and oxygen atoms in total. The average Bonchev–Trinajstić information content (AvgIpc) is 2.50.